The van der Waals surface area contributed by atoms with Crippen molar-refractivity contribution < 1.29 is 15.1 Å². The summed E-state index contributed by atoms with van der Waals surface area (Å²) in [6.45, 7) is 32.8. The second-order valence-electron chi connectivity index (χ2n) is 18.4. The van der Waals surface area contributed by atoms with Crippen LogP contribution >= 0.6 is 0 Å². The van der Waals surface area contributed by atoms with E-state index in [0.717, 1.165) is 0 Å². The Morgan fingerprint density at radius 1 is 0.197 bits per heavy atom. The van der Waals surface area contributed by atoms with Crippen molar-refractivity contribution in [3.8, 4) is 0 Å². The molecule has 0 fully saturated rings. The van der Waals surface area contributed by atoms with Crippen LogP contribution in [0.25, 0.3) is 0 Å². The molecule has 0 aliphatic heterocycles. The molecule has 0 saturated heterocycles. The summed E-state index contributed by atoms with van der Waals surface area (Å²) in [5.74, 6) is 0. The van der Waals surface area contributed by atoms with Gasteiger partial charge in [0, 0.05) is 0 Å². The Morgan fingerprint density at radius 2 is 0.295 bits per heavy atom. The first-order chi connectivity index (χ1) is 29.8. The number of rotatable bonds is 45. The third kappa shape index (κ3) is 69.0. The lowest BCUT2D eigenvalue weighted by Gasteiger charge is -2.22. The predicted octanol–water partition coefficient (Wildman–Crippen LogP) is 16.0. The average Bonchev–Trinajstić information content (AvgIpc) is 3.25. The van der Waals surface area contributed by atoms with Crippen molar-refractivity contribution in [2.45, 2.75) is 293 Å². The average molecular weight is 870 g/mol. The molecule has 0 saturated carbocycles. The van der Waals surface area contributed by atoms with Crippen LogP contribution in [-0.4, -0.2) is 96.0 Å². The first-order valence-corrected chi connectivity index (χ1v) is 28.0. The molecule has 0 aromatic rings. The van der Waals surface area contributed by atoms with Gasteiger partial charge in [0.2, 0.25) is 0 Å². The lowest BCUT2D eigenvalue weighted by atomic mass is 10.1. The van der Waals surface area contributed by atoms with Gasteiger partial charge in [-0.15, -0.1) is 0 Å². The molecule has 0 heterocycles. The van der Waals surface area contributed by atoms with Crippen LogP contribution in [0.5, 0.6) is 0 Å². The summed E-state index contributed by atoms with van der Waals surface area (Å²) in [6, 6.07) is 0. The Labute approximate surface area is 388 Å². The van der Waals surface area contributed by atoms with Crippen LogP contribution in [0, 0.1) is 0 Å². The highest BCUT2D eigenvalue weighted by molar-refractivity contribution is 6.30. The van der Waals surface area contributed by atoms with Crippen molar-refractivity contribution in [3.63, 3.8) is 0 Å². The molecular weight excluding hydrogens is 749 g/mol. The lowest BCUT2D eigenvalue weighted by molar-refractivity contribution is 0.255. The number of nitrogens with zero attached hydrogens (tertiary/aromatic N) is 3. The van der Waals surface area contributed by atoms with Gasteiger partial charge < -0.3 is 29.8 Å². The Balaban J connectivity index is -0.000000381. The van der Waals surface area contributed by atoms with E-state index in [2.05, 4.69) is 77.0 Å². The van der Waals surface area contributed by atoms with Gasteiger partial charge in [-0.1, -0.05) is 236 Å². The van der Waals surface area contributed by atoms with E-state index in [1.807, 2.05) is 0 Å². The van der Waals surface area contributed by atoms with Gasteiger partial charge in [0.15, 0.2) is 0 Å². The minimum atomic E-state index is -2.17. The molecule has 0 aliphatic rings. The molecule has 6 nitrogen and oxygen atoms in total. The molecule has 0 bridgehead atoms. The van der Waals surface area contributed by atoms with Crippen LogP contribution in [0.4, 0.5) is 0 Å². The van der Waals surface area contributed by atoms with Crippen molar-refractivity contribution in [2.75, 3.05) is 58.9 Å². The molecule has 0 rings (SSSR count). The van der Waals surface area contributed by atoms with Gasteiger partial charge >= 0.3 is 7.32 Å². The normalized spacial score (nSPS) is 11.1. The minimum Gasteiger partial charge on any atom is -0.402 e. The first-order valence-electron chi connectivity index (χ1n) is 28.0. The molecule has 0 unspecified atom stereocenters. The van der Waals surface area contributed by atoms with E-state index in [-0.39, 0.29) is 0 Å². The molecule has 0 spiro atoms. The smallest absolute Gasteiger partial charge is 0.402 e. The van der Waals surface area contributed by atoms with Crippen molar-refractivity contribution in [3.05, 3.63) is 0 Å². The summed E-state index contributed by atoms with van der Waals surface area (Å²) in [4.78, 5) is 8.21. The third-order valence-corrected chi connectivity index (χ3v) is 12.0. The number of hydrogen-bond donors (Lipinski definition) is 3. The molecule has 0 radical (unpaired) electrons. The quantitative estimate of drug-likeness (QED) is 0.0418. The molecule has 0 aromatic heterocycles. The van der Waals surface area contributed by atoms with Crippen LogP contribution in [0.15, 0.2) is 0 Å². The highest BCUT2D eigenvalue weighted by Gasteiger charge is 2.07. The maximum Gasteiger partial charge on any atom is 0.631 e. The lowest BCUT2D eigenvalue weighted by Crippen LogP contribution is -2.27. The van der Waals surface area contributed by atoms with E-state index in [9.17, 15) is 0 Å². The van der Waals surface area contributed by atoms with E-state index in [1.165, 1.54) is 290 Å². The largest absolute Gasteiger partial charge is 0.631 e. The fraction of sp³-hybridized carbons (Fsp3) is 1.00. The SMILES string of the molecule is CCCCCCN(CCCCCC)CCCCCC.CCCCCCN(CCCCCC)CCCCCC.CCCCCCN(CCCCCC)CCCCCC.OB(O)O. The molecule has 0 aliphatic carbocycles. The molecular formula is C54H120BN3O3. The van der Waals surface area contributed by atoms with E-state index in [0.29, 0.717) is 0 Å². The summed E-state index contributed by atoms with van der Waals surface area (Å²) in [6.07, 6.45) is 50.5. The van der Waals surface area contributed by atoms with Crippen LogP contribution in [0.2, 0.25) is 0 Å². The molecule has 0 amide bonds. The predicted molar refractivity (Wildman–Crippen MR) is 279 cm³/mol. The van der Waals surface area contributed by atoms with Gasteiger partial charge in [0.05, 0.1) is 0 Å². The van der Waals surface area contributed by atoms with Gasteiger partial charge in [-0.25, -0.2) is 0 Å². The Bertz CT molecular complexity index is 531. The van der Waals surface area contributed by atoms with Gasteiger partial charge in [-0.2, -0.15) is 0 Å². The zero-order valence-electron chi connectivity index (χ0n) is 44.1. The van der Waals surface area contributed by atoms with E-state index in [1.54, 1.807) is 0 Å². The highest BCUT2D eigenvalue weighted by Crippen LogP contribution is 2.11. The Morgan fingerprint density at radius 3 is 0.377 bits per heavy atom. The minimum absolute atomic E-state index is 1.35. The first kappa shape index (κ1) is 67.4. The van der Waals surface area contributed by atoms with Crippen molar-refractivity contribution in [1.29, 1.82) is 0 Å². The van der Waals surface area contributed by atoms with Gasteiger partial charge in [0.1, 0.15) is 0 Å². The zero-order valence-corrected chi connectivity index (χ0v) is 44.1. The zero-order chi connectivity index (χ0) is 46.1. The molecule has 0 atom stereocenters. The van der Waals surface area contributed by atoms with Crippen LogP contribution in [0.1, 0.15) is 293 Å². The fourth-order valence-electron chi connectivity index (χ4n) is 7.87. The summed E-state index contributed by atoms with van der Waals surface area (Å²) < 4.78 is 0. The van der Waals surface area contributed by atoms with E-state index in [4.69, 9.17) is 15.1 Å². The molecule has 372 valence electrons. The van der Waals surface area contributed by atoms with Crippen LogP contribution < -0.4 is 0 Å². The standard InChI is InChI=1S/3C18H39N.BH3O3/c3*1-4-7-10-13-16-19(17-14-11-8-5-2)18-15-12-9-6-3;2-1(3)4/h3*4-18H2,1-3H3;2-4H. The Kier molecular flexibility index (Phi) is 70.9. The highest BCUT2D eigenvalue weighted by atomic mass is 16.5. The fourth-order valence-corrected chi connectivity index (χ4v) is 7.87. The molecule has 0 aromatic carbocycles. The van der Waals surface area contributed by atoms with Gasteiger partial charge in [0.25, 0.3) is 0 Å². The molecule has 7 heteroatoms. The van der Waals surface area contributed by atoms with E-state index >= 15 is 0 Å². The van der Waals surface area contributed by atoms with Crippen molar-refractivity contribution >= 4 is 7.32 Å². The summed E-state index contributed by atoms with van der Waals surface area (Å²) in [5, 5.41) is 21.5. The third-order valence-electron chi connectivity index (χ3n) is 12.0. The second kappa shape index (κ2) is 64.1. The van der Waals surface area contributed by atoms with Crippen molar-refractivity contribution in [1.82, 2.24) is 14.7 Å². The second-order valence-corrected chi connectivity index (χ2v) is 18.4. The monoisotopic (exact) mass is 870 g/mol. The topological polar surface area (TPSA) is 70.4 Å². The van der Waals surface area contributed by atoms with Crippen LogP contribution in [-0.2, 0) is 0 Å². The summed E-state index contributed by atoms with van der Waals surface area (Å²) in [7, 11) is -2.17. The van der Waals surface area contributed by atoms with Gasteiger partial charge in [-0.3, -0.25) is 0 Å². The number of unbranched alkanes of at least 4 members (excludes halogenated alkanes) is 27. The maximum atomic E-state index is 7.17. The molecule has 3 N–H and O–H groups in total. The van der Waals surface area contributed by atoms with Crippen molar-refractivity contribution in [2.24, 2.45) is 0 Å². The Hall–Kier alpha value is -0.175. The summed E-state index contributed by atoms with van der Waals surface area (Å²) in [5.41, 5.74) is 0. The number of hydrogen-bond acceptors (Lipinski definition) is 6. The maximum absolute atomic E-state index is 7.17. The van der Waals surface area contributed by atoms with Gasteiger partial charge in [-0.05, 0) is 117 Å². The van der Waals surface area contributed by atoms with E-state index < -0.39 is 7.32 Å². The van der Waals surface area contributed by atoms with Crippen LogP contribution in [0.3, 0.4) is 0 Å². The molecule has 61 heavy (non-hydrogen) atoms. The summed E-state index contributed by atoms with van der Waals surface area (Å²) >= 11 is 0.